The average Bonchev–Trinajstić information content (AvgIpc) is 2.79. The Labute approximate surface area is 149 Å². The Balaban J connectivity index is 1.51. The number of nitrogens with one attached hydrogen (secondary N) is 2. The third-order valence-corrected chi connectivity index (χ3v) is 5.74. The number of hydroxylamine groups is 3. The summed E-state index contributed by atoms with van der Waals surface area (Å²) in [5.41, 5.74) is 2.36. The van der Waals surface area contributed by atoms with Crippen molar-refractivity contribution in [1.82, 2.24) is 20.8 Å². The van der Waals surface area contributed by atoms with Gasteiger partial charge in [0.25, 0.3) is 5.91 Å². The van der Waals surface area contributed by atoms with E-state index in [1.54, 1.807) is 0 Å². The minimum absolute atomic E-state index is 0.146. The highest BCUT2D eigenvalue weighted by Crippen LogP contribution is 2.30. The molecule has 3 amide bonds. The van der Waals surface area contributed by atoms with E-state index in [1.165, 1.54) is 4.90 Å². The zero-order valence-corrected chi connectivity index (χ0v) is 14.9. The predicted octanol–water partition coefficient (Wildman–Crippen LogP) is -1.26. The maximum atomic E-state index is 12.3. The molecular weight excluding hydrogens is 376 g/mol. The van der Waals surface area contributed by atoms with Gasteiger partial charge in [-0.05, 0) is 12.8 Å². The number of carbonyl (C=O) groups is 2. The van der Waals surface area contributed by atoms with E-state index in [0.717, 1.165) is 18.1 Å². The molecule has 2 unspecified atom stereocenters. The zero-order chi connectivity index (χ0) is 18.0. The Hall–Kier alpha value is -1.12. The van der Waals surface area contributed by atoms with Crippen molar-refractivity contribution in [2.24, 2.45) is 0 Å². The van der Waals surface area contributed by atoms with E-state index in [4.69, 9.17) is 9.39 Å². The topological polar surface area (TPSA) is 138 Å². The molecule has 0 saturated carbocycles. The highest BCUT2D eigenvalue weighted by Gasteiger charge is 2.49. The number of nitrogens with zero attached hydrogens (tertiary/aromatic N) is 2. The van der Waals surface area contributed by atoms with E-state index in [0.29, 0.717) is 24.5 Å². The number of fused-ring (bicyclic) bond motifs is 2. The number of rotatable bonds is 6. The molecule has 0 aromatic carbocycles. The van der Waals surface area contributed by atoms with Gasteiger partial charge in [-0.15, -0.1) is 4.28 Å². The van der Waals surface area contributed by atoms with E-state index < -0.39 is 34.4 Å². The van der Waals surface area contributed by atoms with Crippen LogP contribution in [0.5, 0.6) is 0 Å². The molecule has 0 radical (unpaired) electrons. The lowest BCUT2D eigenvalue weighted by Crippen LogP contribution is -2.50. The molecule has 2 bridgehead atoms. The van der Waals surface area contributed by atoms with Gasteiger partial charge in [0.05, 0.1) is 12.6 Å². The Kier molecular flexibility index (Phi) is 5.70. The van der Waals surface area contributed by atoms with E-state index >= 15 is 0 Å². The summed E-state index contributed by atoms with van der Waals surface area (Å²) in [5, 5.41) is 3.87. The van der Waals surface area contributed by atoms with Gasteiger partial charge in [-0.25, -0.2) is 10.3 Å². The lowest BCUT2D eigenvalue weighted by molar-refractivity contribution is -0.139. The first-order valence-corrected chi connectivity index (χ1v) is 10.4. The lowest BCUT2D eigenvalue weighted by Gasteiger charge is -2.29. The van der Waals surface area contributed by atoms with Crippen molar-refractivity contribution in [2.75, 3.05) is 31.2 Å². The van der Waals surface area contributed by atoms with Crippen LogP contribution in [0.2, 0.25) is 0 Å². The molecule has 0 aromatic heterocycles. The largest absolute Gasteiger partial charge is 0.418 e. The molecular formula is C12H20N4O7S2. The second-order valence-electron chi connectivity index (χ2n) is 6.01. The van der Waals surface area contributed by atoms with Crippen LogP contribution in [-0.4, -0.2) is 84.2 Å². The molecule has 3 saturated heterocycles. The number of amides is 3. The maximum Gasteiger partial charge on any atom is 0.418 e. The van der Waals surface area contributed by atoms with E-state index in [-0.39, 0.29) is 12.6 Å². The fourth-order valence-corrected chi connectivity index (χ4v) is 4.43. The first kappa shape index (κ1) is 18.7. The summed E-state index contributed by atoms with van der Waals surface area (Å²) in [5.74, 6) is 1.47. The monoisotopic (exact) mass is 396 g/mol. The fourth-order valence-electron chi connectivity index (χ4n) is 3.11. The molecule has 3 aliphatic rings. The fraction of sp³-hybridized carbons (Fsp3) is 0.833. The van der Waals surface area contributed by atoms with Crippen molar-refractivity contribution in [3.8, 4) is 0 Å². The van der Waals surface area contributed by atoms with Crippen LogP contribution < -0.4 is 10.8 Å². The molecule has 3 atom stereocenters. The van der Waals surface area contributed by atoms with Crippen LogP contribution in [0.25, 0.3) is 0 Å². The SMILES string of the molecule is O=C(NOCC1CSCCN1)[C@@H]1CCC2CN1C(=O)N2OS(=O)(=O)O. The number of carbonyl (C=O) groups excluding carboxylic acids is 2. The summed E-state index contributed by atoms with van der Waals surface area (Å²) in [7, 11) is -4.80. The minimum Gasteiger partial charge on any atom is -0.310 e. The molecule has 3 aliphatic heterocycles. The second kappa shape index (κ2) is 7.63. The van der Waals surface area contributed by atoms with Gasteiger partial charge in [-0.1, -0.05) is 0 Å². The quantitative estimate of drug-likeness (QED) is 0.371. The molecule has 3 rings (SSSR count). The van der Waals surface area contributed by atoms with Crippen LogP contribution in [-0.2, 0) is 24.3 Å². The molecule has 11 nitrogen and oxygen atoms in total. The third kappa shape index (κ3) is 4.54. The summed E-state index contributed by atoms with van der Waals surface area (Å²) >= 11 is 1.81. The number of hydrogen-bond donors (Lipinski definition) is 3. The standard InChI is InChI=1S/C12H20N4O7S2/c17-11(14-22-6-8-7-24-4-3-13-8)10-2-1-9-5-15(10)12(18)16(9)23-25(19,20)21/h8-10,13H,1-7H2,(H,14,17)(H,19,20,21)/t8?,9?,10-/m0/s1. The predicted molar refractivity (Wildman–Crippen MR) is 86.6 cm³/mol. The van der Waals surface area contributed by atoms with Crippen LogP contribution >= 0.6 is 11.8 Å². The van der Waals surface area contributed by atoms with Crippen molar-refractivity contribution in [3.05, 3.63) is 0 Å². The first-order chi connectivity index (χ1) is 11.8. The number of hydrogen-bond acceptors (Lipinski definition) is 8. The highest BCUT2D eigenvalue weighted by molar-refractivity contribution is 7.99. The van der Waals surface area contributed by atoms with Gasteiger partial charge in [0.15, 0.2) is 0 Å². The summed E-state index contributed by atoms with van der Waals surface area (Å²) in [6.45, 7) is 1.36. The highest BCUT2D eigenvalue weighted by atomic mass is 32.3. The number of piperidine rings is 1. The number of urea groups is 1. The van der Waals surface area contributed by atoms with Crippen molar-refractivity contribution in [3.63, 3.8) is 0 Å². The first-order valence-electron chi connectivity index (χ1n) is 7.85. The average molecular weight is 396 g/mol. The van der Waals surface area contributed by atoms with Gasteiger partial charge in [0, 0.05) is 30.6 Å². The Morgan fingerprint density at radius 3 is 2.92 bits per heavy atom. The van der Waals surface area contributed by atoms with Crippen molar-refractivity contribution in [2.45, 2.75) is 31.0 Å². The van der Waals surface area contributed by atoms with Crippen molar-refractivity contribution >= 4 is 34.1 Å². The molecule has 3 N–H and O–H groups in total. The Morgan fingerprint density at radius 2 is 2.24 bits per heavy atom. The molecule has 13 heteroatoms. The lowest BCUT2D eigenvalue weighted by atomic mass is 10.0. The van der Waals surface area contributed by atoms with Crippen LogP contribution in [0.15, 0.2) is 0 Å². The molecule has 0 aromatic rings. The van der Waals surface area contributed by atoms with Gasteiger partial charge >= 0.3 is 16.4 Å². The van der Waals surface area contributed by atoms with E-state index in [1.807, 2.05) is 11.8 Å². The molecule has 3 heterocycles. The smallest absolute Gasteiger partial charge is 0.310 e. The second-order valence-corrected chi connectivity index (χ2v) is 8.17. The number of thioether (sulfide) groups is 1. The molecule has 0 spiro atoms. The summed E-state index contributed by atoms with van der Waals surface area (Å²) in [6.07, 6.45) is 0.713. The van der Waals surface area contributed by atoms with Crippen LogP contribution in [0, 0.1) is 0 Å². The zero-order valence-electron chi connectivity index (χ0n) is 13.3. The maximum absolute atomic E-state index is 12.3. The van der Waals surface area contributed by atoms with E-state index in [9.17, 15) is 18.0 Å². The minimum atomic E-state index is -4.80. The molecule has 0 aliphatic carbocycles. The molecule has 142 valence electrons. The Bertz CT molecular complexity index is 625. The van der Waals surface area contributed by atoms with E-state index in [2.05, 4.69) is 15.1 Å². The van der Waals surface area contributed by atoms with Gasteiger partial charge in [0.1, 0.15) is 6.04 Å². The van der Waals surface area contributed by atoms with Crippen LogP contribution in [0.3, 0.4) is 0 Å². The van der Waals surface area contributed by atoms with Crippen LogP contribution in [0.4, 0.5) is 4.79 Å². The van der Waals surface area contributed by atoms with Crippen molar-refractivity contribution in [1.29, 1.82) is 0 Å². The van der Waals surface area contributed by atoms with Gasteiger partial charge < -0.3 is 10.2 Å². The normalized spacial score (nSPS) is 29.8. The summed E-state index contributed by atoms with van der Waals surface area (Å²) in [4.78, 5) is 31.0. The van der Waals surface area contributed by atoms with Crippen LogP contribution in [0.1, 0.15) is 12.8 Å². The third-order valence-electron chi connectivity index (χ3n) is 4.26. The van der Waals surface area contributed by atoms with Gasteiger partial charge in [-0.2, -0.15) is 25.2 Å². The molecule has 25 heavy (non-hydrogen) atoms. The van der Waals surface area contributed by atoms with Crippen molar-refractivity contribution < 1.29 is 31.7 Å². The Morgan fingerprint density at radius 1 is 1.44 bits per heavy atom. The van der Waals surface area contributed by atoms with Gasteiger partial charge in [0.2, 0.25) is 0 Å². The van der Waals surface area contributed by atoms with Gasteiger partial charge in [-0.3, -0.25) is 14.2 Å². The summed E-state index contributed by atoms with van der Waals surface area (Å²) < 4.78 is 34.8. The summed E-state index contributed by atoms with van der Waals surface area (Å²) in [6, 6.07) is -1.91. The molecule has 3 fully saturated rings.